The molecule has 19 heavy (non-hydrogen) atoms. The van der Waals surface area contributed by atoms with Crippen LogP contribution in [0.1, 0.15) is 31.6 Å². The number of nitrogens with one attached hydrogen (secondary N) is 1. The van der Waals surface area contributed by atoms with Crippen LogP contribution >= 0.6 is 11.3 Å². The minimum atomic E-state index is -1.00. The molecular weight excluding hydrogens is 262 g/mol. The second-order valence-corrected chi connectivity index (χ2v) is 5.95. The monoisotopic (exact) mass is 285 g/mol. The van der Waals surface area contributed by atoms with Gasteiger partial charge in [-0.1, -0.05) is 13.0 Å². The van der Waals surface area contributed by atoms with Gasteiger partial charge in [0.25, 0.3) is 0 Å². The average Bonchev–Trinajstić information content (AvgIpc) is 2.90. The molecule has 0 radical (unpaired) electrons. The van der Waals surface area contributed by atoms with Crippen LogP contribution in [0.5, 0.6) is 0 Å². The maximum Gasteiger partial charge on any atom is 0.222 e. The number of thiophene rings is 1. The van der Waals surface area contributed by atoms with Gasteiger partial charge >= 0.3 is 0 Å². The summed E-state index contributed by atoms with van der Waals surface area (Å²) in [5.74, 6) is -0.0813. The minimum Gasteiger partial charge on any atom is -0.385 e. The maximum absolute atomic E-state index is 11.9. The molecule has 1 aromatic heterocycles. The van der Waals surface area contributed by atoms with Crippen molar-refractivity contribution in [2.75, 3.05) is 20.3 Å². The number of ether oxygens (including phenoxy) is 1. The smallest absolute Gasteiger partial charge is 0.222 e. The van der Waals surface area contributed by atoms with Gasteiger partial charge in [0, 0.05) is 24.5 Å². The minimum absolute atomic E-state index is 0.0204. The van der Waals surface area contributed by atoms with Gasteiger partial charge in [-0.3, -0.25) is 4.79 Å². The Bertz CT molecular complexity index is 376. The summed E-state index contributed by atoms with van der Waals surface area (Å²) in [7, 11) is 1.66. The van der Waals surface area contributed by atoms with Gasteiger partial charge in [-0.25, -0.2) is 0 Å². The first-order chi connectivity index (χ1) is 8.97. The van der Waals surface area contributed by atoms with Gasteiger partial charge in [-0.2, -0.15) is 0 Å². The van der Waals surface area contributed by atoms with Crippen molar-refractivity contribution >= 4 is 17.2 Å². The number of aliphatic hydroxyl groups is 1. The lowest BCUT2D eigenvalue weighted by Crippen LogP contribution is -2.40. The van der Waals surface area contributed by atoms with Crippen LogP contribution in [0.3, 0.4) is 0 Å². The molecule has 0 fully saturated rings. The van der Waals surface area contributed by atoms with Crippen molar-refractivity contribution < 1.29 is 14.6 Å². The van der Waals surface area contributed by atoms with Crippen LogP contribution in [-0.4, -0.2) is 31.3 Å². The first-order valence-corrected chi connectivity index (χ1v) is 7.38. The first kappa shape index (κ1) is 16.1. The highest BCUT2D eigenvalue weighted by atomic mass is 32.1. The van der Waals surface area contributed by atoms with E-state index < -0.39 is 5.60 Å². The van der Waals surface area contributed by atoms with Gasteiger partial charge < -0.3 is 15.2 Å². The third kappa shape index (κ3) is 5.30. The zero-order valence-electron chi connectivity index (χ0n) is 11.8. The van der Waals surface area contributed by atoms with E-state index in [0.29, 0.717) is 6.61 Å². The second-order valence-electron chi connectivity index (χ2n) is 5.01. The fourth-order valence-electron chi connectivity index (χ4n) is 1.77. The quantitative estimate of drug-likeness (QED) is 0.719. The summed E-state index contributed by atoms with van der Waals surface area (Å²) in [6, 6.07) is 3.77. The number of hydrogen-bond acceptors (Lipinski definition) is 4. The zero-order valence-corrected chi connectivity index (χ0v) is 12.6. The van der Waals surface area contributed by atoms with Crippen molar-refractivity contribution in [1.82, 2.24) is 5.32 Å². The summed E-state index contributed by atoms with van der Waals surface area (Å²) in [5, 5.41) is 15.0. The van der Waals surface area contributed by atoms with E-state index in [-0.39, 0.29) is 18.4 Å². The van der Waals surface area contributed by atoms with Gasteiger partial charge in [0.05, 0.1) is 6.54 Å². The third-order valence-electron chi connectivity index (χ3n) is 3.09. The molecule has 0 spiro atoms. The predicted molar refractivity (Wildman–Crippen MR) is 77.2 cm³/mol. The Kier molecular flexibility index (Phi) is 6.48. The molecule has 2 atom stereocenters. The number of hydrogen-bond donors (Lipinski definition) is 2. The molecule has 1 heterocycles. The molecule has 1 amide bonds. The Morgan fingerprint density at radius 3 is 2.95 bits per heavy atom. The number of methoxy groups -OCH3 is 1. The normalized spacial score (nSPS) is 15.8. The average molecular weight is 285 g/mol. The number of carbonyl (C=O) groups is 1. The predicted octanol–water partition coefficient (Wildman–Crippen LogP) is 2.13. The van der Waals surface area contributed by atoms with Crippen molar-refractivity contribution in [3.8, 4) is 0 Å². The van der Waals surface area contributed by atoms with Gasteiger partial charge in [0.2, 0.25) is 5.91 Å². The van der Waals surface area contributed by atoms with E-state index in [1.807, 2.05) is 24.4 Å². The number of carbonyl (C=O) groups excluding carboxylic acids is 1. The fourth-order valence-corrected chi connectivity index (χ4v) is 2.56. The summed E-state index contributed by atoms with van der Waals surface area (Å²) in [6.45, 7) is 4.52. The van der Waals surface area contributed by atoms with Crippen molar-refractivity contribution in [2.45, 2.75) is 32.3 Å². The highest BCUT2D eigenvalue weighted by molar-refractivity contribution is 7.10. The molecule has 0 aromatic carbocycles. The number of rotatable bonds is 8. The molecule has 0 aliphatic rings. The molecule has 0 saturated carbocycles. The highest BCUT2D eigenvalue weighted by Crippen LogP contribution is 2.24. The van der Waals surface area contributed by atoms with Crippen LogP contribution in [-0.2, 0) is 15.1 Å². The lowest BCUT2D eigenvalue weighted by molar-refractivity contribution is -0.126. The third-order valence-corrected chi connectivity index (χ3v) is 4.22. The van der Waals surface area contributed by atoms with Crippen molar-refractivity contribution in [3.63, 3.8) is 0 Å². The van der Waals surface area contributed by atoms with E-state index in [2.05, 4.69) is 5.32 Å². The van der Waals surface area contributed by atoms with E-state index in [1.165, 1.54) is 11.3 Å². The van der Waals surface area contributed by atoms with Gasteiger partial charge in [-0.05, 0) is 31.2 Å². The summed E-state index contributed by atoms with van der Waals surface area (Å²) in [5.41, 5.74) is -1.00. The largest absolute Gasteiger partial charge is 0.385 e. The molecule has 0 bridgehead atoms. The van der Waals surface area contributed by atoms with Crippen molar-refractivity contribution in [3.05, 3.63) is 22.4 Å². The van der Waals surface area contributed by atoms with Crippen LogP contribution in [0, 0.1) is 5.92 Å². The lowest BCUT2D eigenvalue weighted by atomic mass is 10.0. The molecule has 1 rings (SSSR count). The molecule has 1 aromatic rings. The topological polar surface area (TPSA) is 58.6 Å². The van der Waals surface area contributed by atoms with E-state index in [4.69, 9.17) is 4.74 Å². The zero-order chi connectivity index (χ0) is 14.3. The summed E-state index contributed by atoms with van der Waals surface area (Å²) >= 11 is 1.49. The summed E-state index contributed by atoms with van der Waals surface area (Å²) < 4.78 is 4.96. The molecule has 0 aliphatic carbocycles. The van der Waals surface area contributed by atoms with E-state index in [1.54, 1.807) is 14.0 Å². The first-order valence-electron chi connectivity index (χ1n) is 6.50. The van der Waals surface area contributed by atoms with Gasteiger partial charge in [-0.15, -0.1) is 11.3 Å². The van der Waals surface area contributed by atoms with E-state index in [0.717, 1.165) is 17.7 Å². The van der Waals surface area contributed by atoms with Crippen LogP contribution in [0.25, 0.3) is 0 Å². The lowest BCUT2D eigenvalue weighted by Gasteiger charge is -2.23. The Balaban J connectivity index is 2.37. The van der Waals surface area contributed by atoms with Gasteiger partial charge in [0.15, 0.2) is 0 Å². The van der Waals surface area contributed by atoms with Crippen LogP contribution in [0.4, 0.5) is 0 Å². The van der Waals surface area contributed by atoms with Crippen LogP contribution < -0.4 is 5.32 Å². The molecule has 2 N–H and O–H groups in total. The SMILES string of the molecule is COCCCC(C)C(=O)NCC(C)(O)c1cccs1. The Morgan fingerprint density at radius 2 is 2.37 bits per heavy atom. The molecule has 0 saturated heterocycles. The molecule has 4 nitrogen and oxygen atoms in total. The molecular formula is C14H23NO3S. The molecule has 0 aliphatic heterocycles. The number of amides is 1. The molecule has 5 heteroatoms. The fraction of sp³-hybridized carbons (Fsp3) is 0.643. The Hall–Kier alpha value is -0.910. The summed E-state index contributed by atoms with van der Waals surface area (Å²) in [4.78, 5) is 12.8. The van der Waals surface area contributed by atoms with Crippen LogP contribution in [0.2, 0.25) is 0 Å². The molecule has 108 valence electrons. The van der Waals surface area contributed by atoms with E-state index in [9.17, 15) is 9.90 Å². The van der Waals surface area contributed by atoms with Gasteiger partial charge in [0.1, 0.15) is 5.60 Å². The standard InChI is InChI=1S/C14H23NO3S/c1-11(6-4-8-18-3)13(16)15-10-14(2,17)12-7-5-9-19-12/h5,7,9,11,17H,4,6,8,10H2,1-3H3,(H,15,16). The Labute approximate surface area is 118 Å². The van der Waals surface area contributed by atoms with E-state index >= 15 is 0 Å². The Morgan fingerprint density at radius 1 is 1.63 bits per heavy atom. The maximum atomic E-state index is 11.9. The van der Waals surface area contributed by atoms with Crippen LogP contribution in [0.15, 0.2) is 17.5 Å². The molecule has 2 unspecified atom stereocenters. The van der Waals surface area contributed by atoms with Crippen molar-refractivity contribution in [2.24, 2.45) is 5.92 Å². The highest BCUT2D eigenvalue weighted by Gasteiger charge is 2.25. The second kappa shape index (κ2) is 7.62. The summed E-state index contributed by atoms with van der Waals surface area (Å²) in [6.07, 6.45) is 1.66. The van der Waals surface area contributed by atoms with Crippen molar-refractivity contribution in [1.29, 1.82) is 0 Å².